The quantitative estimate of drug-likeness (QED) is 0.539. The SMILES string of the molecule is O=C(CN[C@H]1CCN(S(=O)(=O)Cc2ccccc2Cl)C1)N1CCN(Cc2cccc(C(F)(F)F)c2)CC1. The largest absolute Gasteiger partial charge is 0.416 e. The number of nitrogens with one attached hydrogen (secondary N) is 1. The van der Waals surface area contributed by atoms with Crippen LogP contribution in [0, 0.1) is 0 Å². The molecule has 2 heterocycles. The van der Waals surface area contributed by atoms with E-state index in [4.69, 9.17) is 11.6 Å². The van der Waals surface area contributed by atoms with Crippen LogP contribution in [0.4, 0.5) is 13.2 Å². The summed E-state index contributed by atoms with van der Waals surface area (Å²) in [6, 6.07) is 12.1. The van der Waals surface area contributed by atoms with Crippen LogP contribution in [0.15, 0.2) is 48.5 Å². The molecule has 2 saturated heterocycles. The number of rotatable bonds is 8. The fraction of sp³-hybridized carbons (Fsp3) is 0.480. The first kappa shape index (κ1) is 27.8. The smallest absolute Gasteiger partial charge is 0.339 e. The minimum absolute atomic E-state index is 0.0731. The molecule has 2 fully saturated rings. The zero-order chi connectivity index (χ0) is 26.6. The highest BCUT2D eigenvalue weighted by atomic mass is 35.5. The van der Waals surface area contributed by atoms with E-state index in [1.165, 1.54) is 16.4 Å². The van der Waals surface area contributed by atoms with E-state index in [1.807, 2.05) is 4.90 Å². The van der Waals surface area contributed by atoms with Gasteiger partial charge in [-0.3, -0.25) is 9.69 Å². The van der Waals surface area contributed by atoms with Gasteiger partial charge in [-0.2, -0.15) is 13.2 Å². The lowest BCUT2D eigenvalue weighted by Crippen LogP contribution is -2.51. The average molecular weight is 559 g/mol. The van der Waals surface area contributed by atoms with E-state index in [0.29, 0.717) is 68.4 Å². The maximum atomic E-state index is 13.0. The molecule has 0 bridgehead atoms. The van der Waals surface area contributed by atoms with Crippen molar-refractivity contribution in [2.45, 2.75) is 30.9 Å². The average Bonchev–Trinajstić information content (AvgIpc) is 3.34. The van der Waals surface area contributed by atoms with Gasteiger partial charge in [-0.25, -0.2) is 12.7 Å². The van der Waals surface area contributed by atoms with Crippen molar-refractivity contribution in [3.63, 3.8) is 0 Å². The summed E-state index contributed by atoms with van der Waals surface area (Å²) in [7, 11) is -3.52. The van der Waals surface area contributed by atoms with Crippen LogP contribution in [-0.4, -0.2) is 80.3 Å². The first-order chi connectivity index (χ1) is 17.5. The Morgan fingerprint density at radius 3 is 2.46 bits per heavy atom. The van der Waals surface area contributed by atoms with Crippen molar-refractivity contribution in [3.8, 4) is 0 Å². The molecular formula is C25H30ClF3N4O3S. The van der Waals surface area contributed by atoms with Gasteiger partial charge >= 0.3 is 6.18 Å². The number of halogens is 4. The van der Waals surface area contributed by atoms with Gasteiger partial charge in [0, 0.05) is 56.9 Å². The van der Waals surface area contributed by atoms with Gasteiger partial charge in [-0.15, -0.1) is 0 Å². The molecule has 1 amide bonds. The van der Waals surface area contributed by atoms with E-state index in [-0.39, 0.29) is 24.2 Å². The summed E-state index contributed by atoms with van der Waals surface area (Å²) in [6.45, 7) is 3.29. The molecule has 0 spiro atoms. The van der Waals surface area contributed by atoms with Gasteiger partial charge in [0.05, 0.1) is 17.9 Å². The van der Waals surface area contributed by atoms with Crippen LogP contribution in [0.25, 0.3) is 0 Å². The van der Waals surface area contributed by atoms with Crippen molar-refractivity contribution in [2.24, 2.45) is 0 Å². The molecule has 2 aromatic rings. The van der Waals surface area contributed by atoms with E-state index >= 15 is 0 Å². The number of benzene rings is 2. The molecular weight excluding hydrogens is 529 g/mol. The van der Waals surface area contributed by atoms with Crippen LogP contribution in [-0.2, 0) is 33.3 Å². The first-order valence-electron chi connectivity index (χ1n) is 12.1. The van der Waals surface area contributed by atoms with Crippen molar-refractivity contribution < 1.29 is 26.4 Å². The van der Waals surface area contributed by atoms with Gasteiger partial charge in [-0.05, 0) is 29.7 Å². The van der Waals surface area contributed by atoms with Gasteiger partial charge in [0.2, 0.25) is 15.9 Å². The summed E-state index contributed by atoms with van der Waals surface area (Å²) in [5, 5.41) is 3.60. The molecule has 0 saturated carbocycles. The minimum Gasteiger partial charge on any atom is -0.339 e. The Labute approximate surface area is 220 Å². The van der Waals surface area contributed by atoms with E-state index in [2.05, 4.69) is 5.32 Å². The molecule has 4 rings (SSSR count). The van der Waals surface area contributed by atoms with Gasteiger partial charge in [0.1, 0.15) is 0 Å². The third kappa shape index (κ3) is 7.44. The Kier molecular flexibility index (Phi) is 8.80. The lowest BCUT2D eigenvalue weighted by molar-refractivity contribution is -0.137. The van der Waals surface area contributed by atoms with Crippen molar-refractivity contribution in [1.29, 1.82) is 0 Å². The Bertz CT molecular complexity index is 1200. The number of nitrogens with zero attached hydrogens (tertiary/aromatic N) is 3. The zero-order valence-corrected chi connectivity index (χ0v) is 21.8. The first-order valence-corrected chi connectivity index (χ1v) is 14.1. The van der Waals surface area contributed by atoms with E-state index in [0.717, 1.165) is 6.07 Å². The number of hydrogen-bond donors (Lipinski definition) is 1. The van der Waals surface area contributed by atoms with Gasteiger partial charge in [0.25, 0.3) is 0 Å². The third-order valence-electron chi connectivity index (χ3n) is 6.77. The Morgan fingerprint density at radius 2 is 1.76 bits per heavy atom. The molecule has 2 aliphatic heterocycles. The maximum Gasteiger partial charge on any atom is 0.416 e. The number of carbonyl (C=O) groups excluding carboxylic acids is 1. The normalized spacial score (nSPS) is 19.9. The van der Waals surface area contributed by atoms with Crippen LogP contribution >= 0.6 is 11.6 Å². The number of piperazine rings is 1. The van der Waals surface area contributed by atoms with Crippen LogP contribution in [0.3, 0.4) is 0 Å². The second kappa shape index (κ2) is 11.7. The van der Waals surface area contributed by atoms with Gasteiger partial charge < -0.3 is 10.2 Å². The molecule has 0 aliphatic carbocycles. The number of hydrogen-bond acceptors (Lipinski definition) is 5. The molecule has 2 aromatic carbocycles. The third-order valence-corrected chi connectivity index (χ3v) is 8.93. The molecule has 2 aliphatic rings. The van der Waals surface area contributed by atoms with Crippen LogP contribution in [0.1, 0.15) is 23.1 Å². The monoisotopic (exact) mass is 558 g/mol. The summed E-state index contributed by atoms with van der Waals surface area (Å²) < 4.78 is 65.9. The summed E-state index contributed by atoms with van der Waals surface area (Å²) in [5.74, 6) is -0.237. The van der Waals surface area contributed by atoms with Crippen molar-refractivity contribution in [2.75, 3.05) is 45.8 Å². The standard InChI is InChI=1S/C25H30ClF3N4O3S/c26-23-7-2-1-5-20(23)18-37(35,36)33-9-8-22(17-33)30-15-24(34)32-12-10-31(11-13-32)16-19-4-3-6-21(14-19)25(27,28)29/h1-7,14,22,30H,8-13,15-18H2/t22-/m0/s1. The highest BCUT2D eigenvalue weighted by Crippen LogP contribution is 2.30. The van der Waals surface area contributed by atoms with Crippen molar-refractivity contribution in [1.82, 2.24) is 19.4 Å². The molecule has 1 N–H and O–H groups in total. The van der Waals surface area contributed by atoms with Crippen molar-refractivity contribution in [3.05, 3.63) is 70.2 Å². The van der Waals surface area contributed by atoms with Crippen LogP contribution in [0.2, 0.25) is 5.02 Å². The van der Waals surface area contributed by atoms with E-state index in [9.17, 15) is 26.4 Å². The lowest BCUT2D eigenvalue weighted by Gasteiger charge is -2.35. The Hall–Kier alpha value is -2.18. The summed E-state index contributed by atoms with van der Waals surface area (Å²) in [6.07, 6.45) is -3.76. The molecule has 202 valence electrons. The maximum absolute atomic E-state index is 13.0. The predicted octanol–water partition coefficient (Wildman–Crippen LogP) is 3.20. The van der Waals surface area contributed by atoms with Crippen LogP contribution < -0.4 is 5.32 Å². The van der Waals surface area contributed by atoms with Gasteiger partial charge in [0.15, 0.2) is 0 Å². The fourth-order valence-corrected chi connectivity index (χ4v) is 6.55. The minimum atomic E-state index is -4.37. The number of sulfonamides is 1. The molecule has 0 aromatic heterocycles. The Morgan fingerprint density at radius 1 is 1.03 bits per heavy atom. The highest BCUT2D eigenvalue weighted by Gasteiger charge is 2.33. The lowest BCUT2D eigenvalue weighted by atomic mass is 10.1. The van der Waals surface area contributed by atoms with E-state index in [1.54, 1.807) is 35.2 Å². The van der Waals surface area contributed by atoms with Crippen LogP contribution in [0.5, 0.6) is 0 Å². The Balaban J connectivity index is 1.20. The van der Waals surface area contributed by atoms with Gasteiger partial charge in [-0.1, -0.05) is 48.0 Å². The molecule has 7 nitrogen and oxygen atoms in total. The predicted molar refractivity (Wildman–Crippen MR) is 135 cm³/mol. The number of amides is 1. The molecule has 1 atom stereocenters. The number of alkyl halides is 3. The summed E-state index contributed by atoms with van der Waals surface area (Å²) in [4.78, 5) is 16.5. The molecule has 37 heavy (non-hydrogen) atoms. The second-order valence-corrected chi connectivity index (χ2v) is 11.8. The van der Waals surface area contributed by atoms with Crippen molar-refractivity contribution >= 4 is 27.5 Å². The number of carbonyl (C=O) groups is 1. The molecule has 0 radical (unpaired) electrons. The topological polar surface area (TPSA) is 73.0 Å². The second-order valence-electron chi connectivity index (χ2n) is 9.43. The summed E-state index contributed by atoms with van der Waals surface area (Å²) >= 11 is 6.11. The highest BCUT2D eigenvalue weighted by molar-refractivity contribution is 7.88. The summed E-state index contributed by atoms with van der Waals surface area (Å²) in [5.41, 5.74) is 0.488. The zero-order valence-electron chi connectivity index (χ0n) is 20.3. The fourth-order valence-electron chi connectivity index (χ4n) is 4.65. The molecule has 12 heteroatoms. The molecule has 0 unspecified atom stereocenters. The van der Waals surface area contributed by atoms with E-state index < -0.39 is 21.8 Å².